The van der Waals surface area contributed by atoms with E-state index >= 15 is 0 Å². The van der Waals surface area contributed by atoms with Crippen molar-refractivity contribution < 1.29 is 4.74 Å². The highest BCUT2D eigenvalue weighted by molar-refractivity contribution is 9.10. The van der Waals surface area contributed by atoms with Gasteiger partial charge in [0.25, 0.3) is 0 Å². The topological polar surface area (TPSA) is 35.2 Å². The largest absolute Gasteiger partial charge is 0.497 e. The second kappa shape index (κ2) is 4.32. The summed E-state index contributed by atoms with van der Waals surface area (Å²) in [5, 5.41) is 0. The third-order valence-corrected chi connectivity index (χ3v) is 3.07. The van der Waals surface area contributed by atoms with Crippen molar-refractivity contribution in [2.75, 3.05) is 13.7 Å². The van der Waals surface area contributed by atoms with Gasteiger partial charge in [-0.3, -0.25) is 0 Å². The highest BCUT2D eigenvalue weighted by Gasteiger charge is 2.21. The number of methoxy groups -OCH3 is 1. The quantitative estimate of drug-likeness (QED) is 0.904. The van der Waals surface area contributed by atoms with Crippen molar-refractivity contribution in [1.82, 2.24) is 0 Å². The molecule has 0 atom stereocenters. The Bertz CT molecular complexity index is 323. The Morgan fingerprint density at radius 1 is 1.43 bits per heavy atom. The van der Waals surface area contributed by atoms with Gasteiger partial charge in [0.1, 0.15) is 5.75 Å². The first-order valence-corrected chi connectivity index (χ1v) is 5.34. The van der Waals surface area contributed by atoms with Crippen LogP contribution in [0.3, 0.4) is 0 Å². The van der Waals surface area contributed by atoms with Gasteiger partial charge in [0.05, 0.1) is 7.11 Å². The molecule has 0 saturated heterocycles. The lowest BCUT2D eigenvalue weighted by Gasteiger charge is -2.24. The first kappa shape index (κ1) is 11.5. The van der Waals surface area contributed by atoms with Crippen molar-refractivity contribution in [3.05, 3.63) is 28.2 Å². The smallest absolute Gasteiger partial charge is 0.120 e. The molecule has 1 aromatic rings. The van der Waals surface area contributed by atoms with E-state index in [-0.39, 0.29) is 5.41 Å². The second-order valence-electron chi connectivity index (χ2n) is 3.93. The van der Waals surface area contributed by atoms with Gasteiger partial charge in [-0.05, 0) is 17.7 Å². The van der Waals surface area contributed by atoms with Crippen LogP contribution in [0.5, 0.6) is 5.75 Å². The molecule has 2 N–H and O–H groups in total. The first-order valence-electron chi connectivity index (χ1n) is 4.55. The van der Waals surface area contributed by atoms with Crippen LogP contribution in [0, 0.1) is 0 Å². The summed E-state index contributed by atoms with van der Waals surface area (Å²) in [6.07, 6.45) is 0. The molecule has 0 amide bonds. The van der Waals surface area contributed by atoms with Gasteiger partial charge in [-0.2, -0.15) is 0 Å². The third-order valence-electron chi connectivity index (χ3n) is 2.42. The van der Waals surface area contributed by atoms with E-state index in [9.17, 15) is 0 Å². The molecule has 0 heterocycles. The van der Waals surface area contributed by atoms with E-state index < -0.39 is 0 Å². The zero-order valence-corrected chi connectivity index (χ0v) is 10.4. The molecule has 0 fully saturated rings. The molecule has 3 heteroatoms. The van der Waals surface area contributed by atoms with Gasteiger partial charge >= 0.3 is 0 Å². The molecule has 0 bridgehead atoms. The summed E-state index contributed by atoms with van der Waals surface area (Å²) in [5.41, 5.74) is 6.93. The standard InChI is InChI=1S/C11H16BrNO/c1-11(2,7-13)9-5-4-8(14-3)6-10(9)12/h4-6H,7,13H2,1-3H3. The van der Waals surface area contributed by atoms with Crippen molar-refractivity contribution in [3.63, 3.8) is 0 Å². The minimum Gasteiger partial charge on any atom is -0.497 e. The molecule has 0 aliphatic carbocycles. The number of benzene rings is 1. The van der Waals surface area contributed by atoms with Crippen LogP contribution < -0.4 is 10.5 Å². The molecular weight excluding hydrogens is 242 g/mol. The summed E-state index contributed by atoms with van der Waals surface area (Å²) in [6.45, 7) is 4.87. The number of nitrogens with two attached hydrogens (primary N) is 1. The summed E-state index contributed by atoms with van der Waals surface area (Å²) in [6, 6.07) is 5.97. The molecule has 0 unspecified atom stereocenters. The van der Waals surface area contributed by atoms with Crippen LogP contribution in [0.2, 0.25) is 0 Å². The van der Waals surface area contributed by atoms with Gasteiger partial charge in [0.15, 0.2) is 0 Å². The molecule has 1 aromatic carbocycles. The van der Waals surface area contributed by atoms with E-state index in [1.807, 2.05) is 12.1 Å². The summed E-state index contributed by atoms with van der Waals surface area (Å²) in [7, 11) is 1.66. The van der Waals surface area contributed by atoms with Crippen LogP contribution >= 0.6 is 15.9 Å². The normalized spacial score (nSPS) is 11.5. The van der Waals surface area contributed by atoms with Crippen molar-refractivity contribution in [2.45, 2.75) is 19.3 Å². The van der Waals surface area contributed by atoms with Gasteiger partial charge in [0.2, 0.25) is 0 Å². The van der Waals surface area contributed by atoms with E-state index in [1.165, 1.54) is 5.56 Å². The lowest BCUT2D eigenvalue weighted by molar-refractivity contribution is 0.413. The van der Waals surface area contributed by atoms with Gasteiger partial charge in [-0.1, -0.05) is 35.8 Å². The average molecular weight is 258 g/mol. The van der Waals surface area contributed by atoms with Crippen molar-refractivity contribution in [1.29, 1.82) is 0 Å². The fraction of sp³-hybridized carbons (Fsp3) is 0.455. The van der Waals surface area contributed by atoms with Crippen LogP contribution in [0.1, 0.15) is 19.4 Å². The predicted molar refractivity (Wildman–Crippen MR) is 62.8 cm³/mol. The van der Waals surface area contributed by atoms with Gasteiger partial charge in [0, 0.05) is 16.4 Å². The number of hydrogen-bond donors (Lipinski definition) is 1. The maximum absolute atomic E-state index is 5.73. The van der Waals surface area contributed by atoms with Crippen LogP contribution in [0.25, 0.3) is 0 Å². The highest BCUT2D eigenvalue weighted by Crippen LogP contribution is 2.31. The zero-order chi connectivity index (χ0) is 10.8. The lowest BCUT2D eigenvalue weighted by atomic mass is 9.85. The van der Waals surface area contributed by atoms with Crippen LogP contribution in [0.4, 0.5) is 0 Å². The minimum atomic E-state index is -0.00882. The number of halogens is 1. The van der Waals surface area contributed by atoms with E-state index in [2.05, 4.69) is 35.8 Å². The molecular formula is C11H16BrNO. The summed E-state index contributed by atoms with van der Waals surface area (Å²) in [5.74, 6) is 0.855. The van der Waals surface area contributed by atoms with Crippen LogP contribution in [-0.4, -0.2) is 13.7 Å². The molecule has 0 aliphatic heterocycles. The Kier molecular flexibility index (Phi) is 3.56. The van der Waals surface area contributed by atoms with E-state index in [0.717, 1.165) is 10.2 Å². The second-order valence-corrected chi connectivity index (χ2v) is 4.79. The van der Waals surface area contributed by atoms with E-state index in [1.54, 1.807) is 7.11 Å². The average Bonchev–Trinajstić information content (AvgIpc) is 2.17. The maximum atomic E-state index is 5.73. The van der Waals surface area contributed by atoms with Crippen LogP contribution in [-0.2, 0) is 5.41 Å². The minimum absolute atomic E-state index is 0.00882. The molecule has 78 valence electrons. The fourth-order valence-corrected chi connectivity index (χ4v) is 2.18. The SMILES string of the molecule is COc1ccc(C(C)(C)CN)c(Br)c1. The Hall–Kier alpha value is -0.540. The Balaban J connectivity index is 3.12. The van der Waals surface area contributed by atoms with Gasteiger partial charge < -0.3 is 10.5 Å². The maximum Gasteiger partial charge on any atom is 0.120 e. The van der Waals surface area contributed by atoms with Gasteiger partial charge in [-0.25, -0.2) is 0 Å². The Morgan fingerprint density at radius 3 is 2.50 bits per heavy atom. The molecule has 1 rings (SSSR count). The van der Waals surface area contributed by atoms with Crippen LogP contribution in [0.15, 0.2) is 22.7 Å². The Labute approximate surface area is 93.6 Å². The third kappa shape index (κ3) is 2.28. The monoisotopic (exact) mass is 257 g/mol. The molecule has 0 aromatic heterocycles. The first-order chi connectivity index (χ1) is 6.51. The molecule has 0 radical (unpaired) electrons. The summed E-state index contributed by atoms with van der Waals surface area (Å²) in [4.78, 5) is 0. The predicted octanol–water partition coefficient (Wildman–Crippen LogP) is 2.69. The summed E-state index contributed by atoms with van der Waals surface area (Å²) < 4.78 is 6.18. The highest BCUT2D eigenvalue weighted by atomic mass is 79.9. The molecule has 0 aliphatic rings. The molecule has 0 spiro atoms. The summed E-state index contributed by atoms with van der Waals surface area (Å²) >= 11 is 3.53. The zero-order valence-electron chi connectivity index (χ0n) is 8.80. The molecule has 14 heavy (non-hydrogen) atoms. The number of hydrogen-bond acceptors (Lipinski definition) is 2. The van der Waals surface area contributed by atoms with Crippen molar-refractivity contribution >= 4 is 15.9 Å². The fourth-order valence-electron chi connectivity index (χ4n) is 1.28. The molecule has 2 nitrogen and oxygen atoms in total. The van der Waals surface area contributed by atoms with Crippen molar-refractivity contribution in [2.24, 2.45) is 5.73 Å². The molecule has 0 saturated carbocycles. The number of ether oxygens (including phenoxy) is 1. The van der Waals surface area contributed by atoms with E-state index in [0.29, 0.717) is 6.54 Å². The van der Waals surface area contributed by atoms with Gasteiger partial charge in [-0.15, -0.1) is 0 Å². The Morgan fingerprint density at radius 2 is 2.07 bits per heavy atom. The van der Waals surface area contributed by atoms with E-state index in [4.69, 9.17) is 10.5 Å². The lowest BCUT2D eigenvalue weighted by Crippen LogP contribution is -2.28. The van der Waals surface area contributed by atoms with Crippen molar-refractivity contribution in [3.8, 4) is 5.75 Å². The number of rotatable bonds is 3.